The van der Waals surface area contributed by atoms with Gasteiger partial charge in [-0.3, -0.25) is 0 Å². The highest BCUT2D eigenvalue weighted by molar-refractivity contribution is 5.91. The molecule has 0 spiro atoms. The van der Waals surface area contributed by atoms with Crippen molar-refractivity contribution in [2.75, 3.05) is 17.7 Å². The molecule has 0 radical (unpaired) electrons. The fourth-order valence-electron chi connectivity index (χ4n) is 2.24. The maximum absolute atomic E-state index is 4.53. The van der Waals surface area contributed by atoms with Crippen LogP contribution in [-0.2, 0) is 0 Å². The van der Waals surface area contributed by atoms with Gasteiger partial charge in [-0.2, -0.15) is 4.98 Å². The van der Waals surface area contributed by atoms with Crippen LogP contribution in [0.2, 0.25) is 0 Å². The number of fused-ring (bicyclic) bond motifs is 1. The van der Waals surface area contributed by atoms with Crippen LogP contribution in [0.3, 0.4) is 0 Å². The van der Waals surface area contributed by atoms with Crippen molar-refractivity contribution in [1.29, 1.82) is 0 Å². The van der Waals surface area contributed by atoms with Gasteiger partial charge in [0, 0.05) is 18.1 Å². The summed E-state index contributed by atoms with van der Waals surface area (Å²) in [6.07, 6.45) is 0. The van der Waals surface area contributed by atoms with Crippen LogP contribution in [0.4, 0.5) is 17.5 Å². The van der Waals surface area contributed by atoms with Gasteiger partial charge in [0.2, 0.25) is 5.95 Å². The van der Waals surface area contributed by atoms with E-state index in [1.165, 1.54) is 11.1 Å². The molecule has 2 N–H and O–H groups in total. The lowest BCUT2D eigenvalue weighted by Crippen LogP contribution is -2.02. The molecule has 0 aliphatic carbocycles. The molecule has 0 aliphatic heterocycles. The highest BCUT2D eigenvalue weighted by Gasteiger charge is 2.07. The number of anilines is 3. The number of para-hydroxylation sites is 1. The van der Waals surface area contributed by atoms with Gasteiger partial charge >= 0.3 is 0 Å². The molecule has 0 saturated heterocycles. The van der Waals surface area contributed by atoms with Gasteiger partial charge in [-0.15, -0.1) is 0 Å². The minimum atomic E-state index is 0.611. The Hall–Kier alpha value is -2.62. The molecule has 1 heterocycles. The molecule has 3 rings (SSSR count). The summed E-state index contributed by atoms with van der Waals surface area (Å²) in [6, 6.07) is 14.3. The topological polar surface area (TPSA) is 49.8 Å². The zero-order valence-electron chi connectivity index (χ0n) is 12.4. The summed E-state index contributed by atoms with van der Waals surface area (Å²) in [6.45, 7) is 4.22. The number of aryl methyl sites for hydroxylation is 2. The molecule has 0 saturated carbocycles. The summed E-state index contributed by atoms with van der Waals surface area (Å²) in [5.41, 5.74) is 4.49. The van der Waals surface area contributed by atoms with E-state index in [9.17, 15) is 0 Å². The van der Waals surface area contributed by atoms with E-state index < -0.39 is 0 Å². The second-order valence-corrected chi connectivity index (χ2v) is 5.09. The molecule has 4 heteroatoms. The number of hydrogen-bond acceptors (Lipinski definition) is 4. The lowest BCUT2D eigenvalue weighted by molar-refractivity contribution is 1.19. The van der Waals surface area contributed by atoms with Crippen LogP contribution in [-0.4, -0.2) is 17.0 Å². The number of aromatic nitrogens is 2. The Bertz CT molecular complexity index is 796. The highest BCUT2D eigenvalue weighted by atomic mass is 15.1. The van der Waals surface area contributed by atoms with Gasteiger partial charge in [-0.05, 0) is 49.2 Å². The van der Waals surface area contributed by atoms with E-state index in [0.29, 0.717) is 5.95 Å². The molecule has 1 aromatic heterocycles. The van der Waals surface area contributed by atoms with Crippen LogP contribution >= 0.6 is 0 Å². The predicted molar refractivity (Wildman–Crippen MR) is 88.3 cm³/mol. The van der Waals surface area contributed by atoms with Crippen molar-refractivity contribution in [2.24, 2.45) is 0 Å². The van der Waals surface area contributed by atoms with Gasteiger partial charge in [0.05, 0.1) is 5.52 Å². The zero-order chi connectivity index (χ0) is 14.8. The number of benzene rings is 2. The first-order valence-electron chi connectivity index (χ1n) is 6.96. The summed E-state index contributed by atoms with van der Waals surface area (Å²) in [4.78, 5) is 9.00. The van der Waals surface area contributed by atoms with Gasteiger partial charge < -0.3 is 10.6 Å². The van der Waals surface area contributed by atoms with Gasteiger partial charge in [0.25, 0.3) is 0 Å². The molecule has 4 nitrogen and oxygen atoms in total. The minimum absolute atomic E-state index is 0.611. The van der Waals surface area contributed by atoms with Crippen molar-refractivity contribution in [2.45, 2.75) is 13.8 Å². The first kappa shape index (κ1) is 13.4. The molecule has 0 atom stereocenters. The van der Waals surface area contributed by atoms with Crippen LogP contribution in [0.5, 0.6) is 0 Å². The van der Waals surface area contributed by atoms with E-state index >= 15 is 0 Å². The summed E-state index contributed by atoms with van der Waals surface area (Å²) < 4.78 is 0. The summed E-state index contributed by atoms with van der Waals surface area (Å²) >= 11 is 0. The van der Waals surface area contributed by atoms with E-state index in [-0.39, 0.29) is 0 Å². The van der Waals surface area contributed by atoms with E-state index in [2.05, 4.69) is 52.6 Å². The second kappa shape index (κ2) is 5.40. The number of nitrogens with zero attached hydrogens (tertiary/aromatic N) is 2. The molecule has 3 aromatic rings. The maximum Gasteiger partial charge on any atom is 0.224 e. The van der Waals surface area contributed by atoms with Crippen LogP contribution < -0.4 is 10.6 Å². The molecule has 2 aromatic carbocycles. The lowest BCUT2D eigenvalue weighted by atomic mass is 10.1. The third-order valence-electron chi connectivity index (χ3n) is 3.60. The third kappa shape index (κ3) is 2.65. The summed E-state index contributed by atoms with van der Waals surface area (Å²) in [5, 5.41) is 7.41. The van der Waals surface area contributed by atoms with Crippen molar-refractivity contribution in [3.8, 4) is 0 Å². The van der Waals surface area contributed by atoms with E-state index in [1.54, 1.807) is 0 Å². The van der Waals surface area contributed by atoms with Crippen LogP contribution in [0, 0.1) is 13.8 Å². The van der Waals surface area contributed by atoms with Crippen molar-refractivity contribution < 1.29 is 0 Å². The zero-order valence-corrected chi connectivity index (χ0v) is 12.4. The fraction of sp³-hybridized carbons (Fsp3) is 0.176. The normalized spacial score (nSPS) is 10.6. The molecule has 0 aliphatic rings. The lowest BCUT2D eigenvalue weighted by Gasteiger charge is -2.11. The Balaban J connectivity index is 2.08. The highest BCUT2D eigenvalue weighted by Crippen LogP contribution is 2.25. The second-order valence-electron chi connectivity index (χ2n) is 5.09. The Labute approximate surface area is 124 Å². The maximum atomic E-state index is 4.53. The third-order valence-corrected chi connectivity index (χ3v) is 3.60. The number of rotatable bonds is 3. The molecule has 0 bridgehead atoms. The van der Waals surface area contributed by atoms with Crippen LogP contribution in [0.1, 0.15) is 11.1 Å². The van der Waals surface area contributed by atoms with E-state index in [1.807, 2.05) is 31.3 Å². The van der Waals surface area contributed by atoms with Crippen molar-refractivity contribution in [3.05, 3.63) is 53.6 Å². The SMILES string of the molecule is CNc1nc(Nc2ccc(C)c(C)c2)c2ccccc2n1. The van der Waals surface area contributed by atoms with Crippen molar-refractivity contribution in [1.82, 2.24) is 9.97 Å². The van der Waals surface area contributed by atoms with Gasteiger partial charge in [0.1, 0.15) is 5.82 Å². The van der Waals surface area contributed by atoms with Gasteiger partial charge in [-0.25, -0.2) is 4.98 Å². The Kier molecular flexibility index (Phi) is 3.44. The average molecular weight is 278 g/mol. The van der Waals surface area contributed by atoms with Gasteiger partial charge in [-0.1, -0.05) is 18.2 Å². The van der Waals surface area contributed by atoms with Gasteiger partial charge in [0.15, 0.2) is 0 Å². The fourth-order valence-corrected chi connectivity index (χ4v) is 2.24. The number of nitrogens with one attached hydrogen (secondary N) is 2. The average Bonchev–Trinajstić information content (AvgIpc) is 2.51. The standard InChI is InChI=1S/C17H18N4/c1-11-8-9-13(10-12(11)2)19-16-14-6-4-5-7-15(14)20-17(18-3)21-16/h4-10H,1-3H3,(H2,18,19,20,21). The van der Waals surface area contributed by atoms with Crippen molar-refractivity contribution >= 4 is 28.4 Å². The quantitative estimate of drug-likeness (QED) is 0.759. The summed E-state index contributed by atoms with van der Waals surface area (Å²) in [5.74, 6) is 1.42. The largest absolute Gasteiger partial charge is 0.357 e. The first-order valence-corrected chi connectivity index (χ1v) is 6.96. The smallest absolute Gasteiger partial charge is 0.224 e. The van der Waals surface area contributed by atoms with Crippen LogP contribution in [0.25, 0.3) is 10.9 Å². The first-order chi connectivity index (χ1) is 10.2. The van der Waals surface area contributed by atoms with Crippen LogP contribution in [0.15, 0.2) is 42.5 Å². The predicted octanol–water partition coefficient (Wildman–Crippen LogP) is 4.03. The molecule has 21 heavy (non-hydrogen) atoms. The van der Waals surface area contributed by atoms with Crippen molar-refractivity contribution in [3.63, 3.8) is 0 Å². The molecule has 0 amide bonds. The number of hydrogen-bond donors (Lipinski definition) is 2. The molecule has 0 fully saturated rings. The molecule has 106 valence electrons. The monoisotopic (exact) mass is 278 g/mol. The van der Waals surface area contributed by atoms with E-state index in [0.717, 1.165) is 22.4 Å². The van der Waals surface area contributed by atoms with E-state index in [4.69, 9.17) is 0 Å². The molecule has 0 unspecified atom stereocenters. The minimum Gasteiger partial charge on any atom is -0.357 e. The Morgan fingerprint density at radius 1 is 0.905 bits per heavy atom. The molecular weight excluding hydrogens is 260 g/mol. The Morgan fingerprint density at radius 3 is 2.48 bits per heavy atom. The molecular formula is C17H18N4. The Morgan fingerprint density at radius 2 is 1.71 bits per heavy atom. The summed E-state index contributed by atoms with van der Waals surface area (Å²) in [7, 11) is 1.82.